The number of furan rings is 1. The fraction of sp³-hybridized carbons (Fsp3) is 0. The number of rotatable bonds is 4. The molecule has 3 nitrogen and oxygen atoms in total. The molecule has 0 radical (unpaired) electrons. The van der Waals surface area contributed by atoms with E-state index in [0.717, 1.165) is 61.0 Å². The molecule has 0 N–H and O–H groups in total. The fourth-order valence-corrected chi connectivity index (χ4v) is 9.09. The third kappa shape index (κ3) is 3.91. The summed E-state index contributed by atoms with van der Waals surface area (Å²) < 4.78 is 11.7. The first kappa shape index (κ1) is 27.6. The maximum absolute atomic E-state index is 6.74. The van der Waals surface area contributed by atoms with E-state index in [-0.39, 0.29) is 0 Å². The number of hydrogen-bond acceptors (Lipinski definition) is 3. The molecule has 0 aliphatic carbocycles. The summed E-state index contributed by atoms with van der Waals surface area (Å²) in [6.07, 6.45) is 0. The molecule has 3 aromatic heterocycles. The van der Waals surface area contributed by atoms with Crippen LogP contribution in [0.2, 0.25) is 0 Å². The Morgan fingerprint density at radius 1 is 0.480 bits per heavy atom. The van der Waals surface area contributed by atoms with Crippen molar-refractivity contribution in [3.8, 4) is 5.69 Å². The van der Waals surface area contributed by atoms with Gasteiger partial charge in [0.2, 0.25) is 0 Å². The standard InChI is InChI=1S/C46H28N2OS/c1-2-14-30(15-3-1)48-38-21-9-6-17-33(38)35-20-12-22-39(45(35)48)47(31-25-26-43-37(28-31)34-18-8-11-24-42(34)50-43)40-27-29-13-4-5-16-32(29)46-44(40)36-19-7-10-23-41(36)49-46/h1-28H. The number of hydrogen-bond donors (Lipinski definition) is 0. The zero-order chi connectivity index (χ0) is 32.8. The van der Waals surface area contributed by atoms with Gasteiger partial charge in [-0.25, -0.2) is 0 Å². The Kier molecular flexibility index (Phi) is 5.83. The van der Waals surface area contributed by atoms with Gasteiger partial charge in [-0.15, -0.1) is 11.3 Å². The molecule has 3 heterocycles. The maximum atomic E-state index is 6.74. The van der Waals surface area contributed by atoms with Crippen molar-refractivity contribution in [1.29, 1.82) is 0 Å². The van der Waals surface area contributed by atoms with E-state index in [2.05, 4.69) is 179 Å². The minimum atomic E-state index is 0.885. The summed E-state index contributed by atoms with van der Waals surface area (Å²) >= 11 is 1.85. The topological polar surface area (TPSA) is 21.3 Å². The zero-order valence-electron chi connectivity index (χ0n) is 26.9. The summed E-state index contributed by atoms with van der Waals surface area (Å²) in [5.41, 5.74) is 8.53. The van der Waals surface area contributed by atoms with Gasteiger partial charge in [0.25, 0.3) is 0 Å². The highest BCUT2D eigenvalue weighted by molar-refractivity contribution is 7.25. The summed E-state index contributed by atoms with van der Waals surface area (Å²) in [6.45, 7) is 0. The molecule has 50 heavy (non-hydrogen) atoms. The number of aromatic nitrogens is 1. The molecular weight excluding hydrogens is 629 g/mol. The van der Waals surface area contributed by atoms with Crippen LogP contribution in [0.4, 0.5) is 17.1 Å². The van der Waals surface area contributed by atoms with E-state index in [1.165, 1.54) is 36.5 Å². The molecule has 8 aromatic carbocycles. The Morgan fingerprint density at radius 3 is 2.08 bits per heavy atom. The molecule has 0 atom stereocenters. The van der Waals surface area contributed by atoms with Gasteiger partial charge in [0.05, 0.1) is 27.8 Å². The van der Waals surface area contributed by atoms with Crippen LogP contribution < -0.4 is 4.90 Å². The van der Waals surface area contributed by atoms with Crippen molar-refractivity contribution in [2.45, 2.75) is 0 Å². The monoisotopic (exact) mass is 656 g/mol. The van der Waals surface area contributed by atoms with Crippen molar-refractivity contribution in [2.75, 3.05) is 4.90 Å². The quantitative estimate of drug-likeness (QED) is 0.188. The van der Waals surface area contributed by atoms with Crippen LogP contribution in [0.15, 0.2) is 174 Å². The number of nitrogens with zero attached hydrogens (tertiary/aromatic N) is 2. The van der Waals surface area contributed by atoms with E-state index in [1.54, 1.807) is 0 Å². The number of para-hydroxylation sites is 4. The highest BCUT2D eigenvalue weighted by Gasteiger charge is 2.26. The Morgan fingerprint density at radius 2 is 1.18 bits per heavy atom. The summed E-state index contributed by atoms with van der Waals surface area (Å²) in [4.78, 5) is 2.48. The van der Waals surface area contributed by atoms with Gasteiger partial charge in [0.15, 0.2) is 0 Å². The van der Waals surface area contributed by atoms with Crippen LogP contribution in [0.5, 0.6) is 0 Å². The molecule has 11 aromatic rings. The molecule has 0 aliphatic heterocycles. The molecule has 0 spiro atoms. The minimum absolute atomic E-state index is 0.885. The van der Waals surface area contributed by atoms with Crippen molar-refractivity contribution < 1.29 is 4.42 Å². The van der Waals surface area contributed by atoms with Gasteiger partial charge < -0.3 is 13.9 Å². The summed E-state index contributed by atoms with van der Waals surface area (Å²) in [6, 6.07) is 61.3. The molecule has 0 saturated heterocycles. The van der Waals surface area contributed by atoms with Crippen LogP contribution >= 0.6 is 11.3 Å². The predicted molar refractivity (Wildman–Crippen MR) is 213 cm³/mol. The molecule has 0 aliphatic rings. The minimum Gasteiger partial charge on any atom is -0.455 e. The molecular formula is C46H28N2OS. The summed E-state index contributed by atoms with van der Waals surface area (Å²) in [5, 5.41) is 9.43. The Hall–Kier alpha value is -6.36. The van der Waals surface area contributed by atoms with Crippen molar-refractivity contribution >= 4 is 103 Å². The van der Waals surface area contributed by atoms with E-state index >= 15 is 0 Å². The highest BCUT2D eigenvalue weighted by Crippen LogP contribution is 2.50. The second kappa shape index (κ2) is 10.6. The van der Waals surface area contributed by atoms with Crippen LogP contribution in [0, 0.1) is 0 Å². The number of anilines is 3. The molecule has 0 unspecified atom stereocenters. The SMILES string of the molecule is c1ccc(-n2c3ccccc3c3cccc(N(c4ccc5sc6ccccc6c5c4)c4cc5ccccc5c5oc6ccccc6c45)c32)cc1. The first-order chi connectivity index (χ1) is 24.8. The van der Waals surface area contributed by atoms with Gasteiger partial charge in [-0.2, -0.15) is 0 Å². The first-order valence-electron chi connectivity index (χ1n) is 16.9. The Labute approximate surface area is 291 Å². The lowest BCUT2D eigenvalue weighted by molar-refractivity contribution is 0.672. The third-order valence-electron chi connectivity index (χ3n) is 10.1. The van der Waals surface area contributed by atoms with Crippen LogP contribution in [0.1, 0.15) is 0 Å². The van der Waals surface area contributed by atoms with E-state index in [9.17, 15) is 0 Å². The Balaban J connectivity index is 1.33. The van der Waals surface area contributed by atoms with Crippen molar-refractivity contribution in [2.24, 2.45) is 0 Å². The lowest BCUT2D eigenvalue weighted by Gasteiger charge is -2.28. The average Bonchev–Trinajstić information content (AvgIpc) is 3.86. The summed E-state index contributed by atoms with van der Waals surface area (Å²) in [5.74, 6) is 0. The fourth-order valence-electron chi connectivity index (χ4n) is 8.00. The smallest absolute Gasteiger partial charge is 0.145 e. The number of benzene rings is 8. The largest absolute Gasteiger partial charge is 0.455 e. The molecule has 234 valence electrons. The van der Waals surface area contributed by atoms with Gasteiger partial charge in [-0.05, 0) is 66.0 Å². The van der Waals surface area contributed by atoms with Gasteiger partial charge >= 0.3 is 0 Å². The van der Waals surface area contributed by atoms with E-state index in [0.29, 0.717) is 0 Å². The Bertz CT molecular complexity index is 3110. The third-order valence-corrected chi connectivity index (χ3v) is 11.3. The van der Waals surface area contributed by atoms with Gasteiger partial charge in [0.1, 0.15) is 11.2 Å². The molecule has 0 saturated carbocycles. The van der Waals surface area contributed by atoms with Gasteiger partial charge in [-0.3, -0.25) is 0 Å². The van der Waals surface area contributed by atoms with Crippen LogP contribution in [0.25, 0.3) is 80.4 Å². The molecule has 4 heteroatoms. The molecule has 11 rings (SSSR count). The second-order valence-corrected chi connectivity index (χ2v) is 14.0. The van der Waals surface area contributed by atoms with Gasteiger partial charge in [0, 0.05) is 53.1 Å². The molecule has 0 amide bonds. The van der Waals surface area contributed by atoms with Gasteiger partial charge in [-0.1, -0.05) is 109 Å². The van der Waals surface area contributed by atoms with Crippen LogP contribution in [0.3, 0.4) is 0 Å². The lowest BCUT2D eigenvalue weighted by atomic mass is 10.0. The van der Waals surface area contributed by atoms with Crippen molar-refractivity contribution in [3.05, 3.63) is 170 Å². The number of thiophene rings is 1. The van der Waals surface area contributed by atoms with Crippen LogP contribution in [-0.2, 0) is 0 Å². The highest BCUT2D eigenvalue weighted by atomic mass is 32.1. The van der Waals surface area contributed by atoms with Crippen molar-refractivity contribution in [3.63, 3.8) is 0 Å². The first-order valence-corrected chi connectivity index (χ1v) is 17.8. The maximum Gasteiger partial charge on any atom is 0.145 e. The average molecular weight is 657 g/mol. The van der Waals surface area contributed by atoms with E-state index in [1.807, 2.05) is 11.3 Å². The summed E-state index contributed by atoms with van der Waals surface area (Å²) in [7, 11) is 0. The number of fused-ring (bicyclic) bond motifs is 11. The normalized spacial score (nSPS) is 12.0. The molecule has 0 bridgehead atoms. The molecule has 0 fully saturated rings. The van der Waals surface area contributed by atoms with Crippen molar-refractivity contribution in [1.82, 2.24) is 4.57 Å². The lowest BCUT2D eigenvalue weighted by Crippen LogP contribution is -2.12. The second-order valence-electron chi connectivity index (χ2n) is 12.9. The van der Waals surface area contributed by atoms with Crippen LogP contribution in [-0.4, -0.2) is 4.57 Å². The predicted octanol–water partition coefficient (Wildman–Crippen LogP) is 13.7. The van der Waals surface area contributed by atoms with E-state index < -0.39 is 0 Å². The zero-order valence-corrected chi connectivity index (χ0v) is 27.7. The van der Waals surface area contributed by atoms with E-state index in [4.69, 9.17) is 4.42 Å².